The number of nitriles is 1. The summed E-state index contributed by atoms with van der Waals surface area (Å²) < 4.78 is 7.36. The Balaban J connectivity index is 1.20. The molecule has 3 heterocycles. The molecular weight excluding hydrogens is 464 g/mol. The molecule has 2 aliphatic heterocycles. The third-order valence-corrected chi connectivity index (χ3v) is 7.55. The second kappa shape index (κ2) is 11.6. The molecule has 0 bridgehead atoms. The Labute approximate surface area is 218 Å². The van der Waals surface area contributed by atoms with E-state index in [1.54, 1.807) is 12.3 Å². The smallest absolute Gasteiger partial charge is 0.259 e. The van der Waals surface area contributed by atoms with Crippen molar-refractivity contribution < 1.29 is 9.53 Å². The summed E-state index contributed by atoms with van der Waals surface area (Å²) >= 11 is 0. The summed E-state index contributed by atoms with van der Waals surface area (Å²) in [5, 5.41) is 17.2. The average molecular weight is 499 g/mol. The minimum atomic E-state index is -0.216. The van der Waals surface area contributed by atoms with Gasteiger partial charge < -0.3 is 15.0 Å². The number of benzene rings is 2. The van der Waals surface area contributed by atoms with Crippen LogP contribution in [-0.4, -0.2) is 66.0 Å². The molecule has 3 aromatic rings. The van der Waals surface area contributed by atoms with Crippen LogP contribution in [0.1, 0.15) is 40.0 Å². The van der Waals surface area contributed by atoms with Gasteiger partial charge in [0, 0.05) is 50.1 Å². The van der Waals surface area contributed by atoms with Crippen molar-refractivity contribution in [3.63, 3.8) is 0 Å². The fraction of sp³-hybridized carbons (Fsp3) is 0.414. The van der Waals surface area contributed by atoms with Crippen molar-refractivity contribution >= 4 is 17.3 Å². The van der Waals surface area contributed by atoms with E-state index in [1.165, 1.54) is 5.56 Å². The average Bonchev–Trinajstić information content (AvgIpc) is 3.33. The van der Waals surface area contributed by atoms with Gasteiger partial charge in [-0.05, 0) is 49.9 Å². The molecule has 1 amide bonds. The van der Waals surface area contributed by atoms with E-state index >= 15 is 0 Å². The summed E-state index contributed by atoms with van der Waals surface area (Å²) in [5.74, 6) is -0.216. The minimum Gasteiger partial charge on any atom is -0.379 e. The largest absolute Gasteiger partial charge is 0.379 e. The van der Waals surface area contributed by atoms with E-state index in [2.05, 4.69) is 38.4 Å². The highest BCUT2D eigenvalue weighted by Gasteiger charge is 2.27. The molecule has 0 aliphatic carbocycles. The van der Waals surface area contributed by atoms with Crippen LogP contribution >= 0.6 is 0 Å². The summed E-state index contributed by atoms with van der Waals surface area (Å²) in [6.45, 7) is 8.12. The van der Waals surface area contributed by atoms with Crippen molar-refractivity contribution in [1.29, 1.82) is 5.26 Å². The first kappa shape index (κ1) is 25.0. The number of ether oxygens (including phenoxy) is 1. The van der Waals surface area contributed by atoms with Gasteiger partial charge in [-0.15, -0.1) is 0 Å². The van der Waals surface area contributed by atoms with Gasteiger partial charge in [-0.2, -0.15) is 10.4 Å². The SMILES string of the molecule is Cc1c(C(=O)Nc2ccc(N3CCC(N4CCOCC4)CC3)c(C#N)c2)cnn1CCc1ccccc1. The van der Waals surface area contributed by atoms with Gasteiger partial charge >= 0.3 is 0 Å². The Hall–Kier alpha value is -3.67. The molecule has 0 spiro atoms. The fourth-order valence-electron chi connectivity index (χ4n) is 5.37. The van der Waals surface area contributed by atoms with Crippen molar-refractivity contribution in [3.05, 3.63) is 77.1 Å². The molecule has 8 nitrogen and oxygen atoms in total. The molecule has 2 fully saturated rings. The Kier molecular flexibility index (Phi) is 7.83. The first-order chi connectivity index (χ1) is 18.1. The number of anilines is 2. The maximum absolute atomic E-state index is 13.0. The summed E-state index contributed by atoms with van der Waals surface area (Å²) in [6, 6.07) is 18.8. The van der Waals surface area contributed by atoms with E-state index in [0.717, 1.165) is 70.0 Å². The quantitative estimate of drug-likeness (QED) is 0.532. The van der Waals surface area contributed by atoms with E-state index < -0.39 is 0 Å². The van der Waals surface area contributed by atoms with Crippen LogP contribution in [0.3, 0.4) is 0 Å². The number of rotatable bonds is 7. The van der Waals surface area contributed by atoms with Gasteiger partial charge in [0.15, 0.2) is 0 Å². The fourth-order valence-corrected chi connectivity index (χ4v) is 5.37. The van der Waals surface area contributed by atoms with Crippen LogP contribution in [0.5, 0.6) is 0 Å². The predicted octanol–water partition coefficient (Wildman–Crippen LogP) is 3.86. The van der Waals surface area contributed by atoms with Gasteiger partial charge in [0.25, 0.3) is 5.91 Å². The van der Waals surface area contributed by atoms with E-state index in [0.29, 0.717) is 29.4 Å². The molecule has 192 valence electrons. The second-order valence-electron chi connectivity index (χ2n) is 9.77. The Morgan fingerprint density at radius 3 is 2.59 bits per heavy atom. The number of piperidine rings is 1. The molecule has 0 saturated carbocycles. The second-order valence-corrected chi connectivity index (χ2v) is 9.77. The third-order valence-electron chi connectivity index (χ3n) is 7.55. The molecule has 1 aromatic heterocycles. The number of aryl methyl sites for hydroxylation is 2. The van der Waals surface area contributed by atoms with E-state index in [4.69, 9.17) is 4.74 Å². The molecule has 37 heavy (non-hydrogen) atoms. The van der Waals surface area contributed by atoms with Gasteiger partial charge in [-0.25, -0.2) is 0 Å². The van der Waals surface area contributed by atoms with Crippen LogP contribution < -0.4 is 10.2 Å². The zero-order valence-corrected chi connectivity index (χ0v) is 21.4. The van der Waals surface area contributed by atoms with Gasteiger partial charge in [0.1, 0.15) is 6.07 Å². The molecule has 0 radical (unpaired) electrons. The predicted molar refractivity (Wildman–Crippen MR) is 144 cm³/mol. The van der Waals surface area contributed by atoms with Gasteiger partial charge in [0.05, 0.1) is 36.2 Å². The van der Waals surface area contributed by atoms with Crippen LogP contribution in [0, 0.1) is 18.3 Å². The number of morpholine rings is 1. The molecule has 0 unspecified atom stereocenters. The first-order valence-corrected chi connectivity index (χ1v) is 13.1. The van der Waals surface area contributed by atoms with E-state index in [9.17, 15) is 10.1 Å². The molecule has 0 atom stereocenters. The number of carbonyl (C=O) groups excluding carboxylic acids is 1. The van der Waals surface area contributed by atoms with Gasteiger partial charge in [0.2, 0.25) is 0 Å². The summed E-state index contributed by atoms with van der Waals surface area (Å²) in [4.78, 5) is 17.9. The van der Waals surface area contributed by atoms with Crippen LogP contribution in [0.4, 0.5) is 11.4 Å². The maximum Gasteiger partial charge on any atom is 0.259 e. The zero-order chi connectivity index (χ0) is 25.6. The number of amides is 1. The molecule has 1 N–H and O–H groups in total. The topological polar surface area (TPSA) is 86.4 Å². The van der Waals surface area contributed by atoms with Crippen LogP contribution in [0.25, 0.3) is 0 Å². The Bertz CT molecular complexity index is 1250. The molecule has 2 aromatic carbocycles. The molecule has 5 rings (SSSR count). The number of carbonyl (C=O) groups is 1. The van der Waals surface area contributed by atoms with Gasteiger partial charge in [-0.3, -0.25) is 14.4 Å². The van der Waals surface area contributed by atoms with Crippen LogP contribution in [-0.2, 0) is 17.7 Å². The van der Waals surface area contributed by atoms with E-state index in [-0.39, 0.29) is 5.91 Å². The number of hydrogen-bond acceptors (Lipinski definition) is 6. The molecular formula is C29H34N6O2. The molecule has 2 saturated heterocycles. The van der Waals surface area contributed by atoms with Crippen LogP contribution in [0.2, 0.25) is 0 Å². The lowest BCUT2D eigenvalue weighted by molar-refractivity contribution is 0.0115. The summed E-state index contributed by atoms with van der Waals surface area (Å²) in [6.07, 6.45) is 4.63. The highest BCUT2D eigenvalue weighted by molar-refractivity contribution is 6.05. The van der Waals surface area contributed by atoms with Crippen molar-refractivity contribution in [3.8, 4) is 6.07 Å². The van der Waals surface area contributed by atoms with Gasteiger partial charge in [-0.1, -0.05) is 30.3 Å². The zero-order valence-electron chi connectivity index (χ0n) is 21.4. The third kappa shape index (κ3) is 5.85. The minimum absolute atomic E-state index is 0.216. The lowest BCUT2D eigenvalue weighted by Gasteiger charge is -2.41. The lowest BCUT2D eigenvalue weighted by atomic mass is 10.0. The number of nitrogens with one attached hydrogen (secondary N) is 1. The monoisotopic (exact) mass is 498 g/mol. The van der Waals surface area contributed by atoms with Crippen molar-refractivity contribution in [2.45, 2.75) is 38.8 Å². The standard InChI is InChI=1S/C29H34N6O2/c1-22-27(21-31-35(22)14-9-23-5-3-2-4-6-23)29(36)32-25-7-8-28(24(19-25)20-30)34-12-10-26(11-13-34)33-15-17-37-18-16-33/h2-8,19,21,26H,9-18H2,1H3,(H,32,36). The maximum atomic E-state index is 13.0. The highest BCUT2D eigenvalue weighted by Crippen LogP contribution is 2.28. The number of hydrogen-bond donors (Lipinski definition) is 1. The summed E-state index contributed by atoms with van der Waals surface area (Å²) in [5.41, 5.74) is 4.74. The Morgan fingerprint density at radius 1 is 1.11 bits per heavy atom. The normalized spacial score (nSPS) is 16.9. The van der Waals surface area contributed by atoms with E-state index in [1.807, 2.05) is 41.9 Å². The summed E-state index contributed by atoms with van der Waals surface area (Å²) in [7, 11) is 0. The highest BCUT2D eigenvalue weighted by atomic mass is 16.5. The number of aromatic nitrogens is 2. The Morgan fingerprint density at radius 2 is 1.86 bits per heavy atom. The first-order valence-electron chi connectivity index (χ1n) is 13.1. The van der Waals surface area contributed by atoms with Crippen molar-refractivity contribution in [2.75, 3.05) is 49.6 Å². The molecule has 8 heteroatoms. The van der Waals surface area contributed by atoms with Crippen molar-refractivity contribution in [2.24, 2.45) is 0 Å². The van der Waals surface area contributed by atoms with Crippen LogP contribution in [0.15, 0.2) is 54.7 Å². The van der Waals surface area contributed by atoms with Crippen molar-refractivity contribution in [1.82, 2.24) is 14.7 Å². The number of nitrogens with zero attached hydrogens (tertiary/aromatic N) is 5. The molecule has 2 aliphatic rings. The lowest BCUT2D eigenvalue weighted by Crippen LogP contribution is -2.49.